The average Bonchev–Trinajstić information content (AvgIpc) is 2.83. The minimum Gasteiger partial charge on any atom is -0.315 e. The van der Waals surface area contributed by atoms with Gasteiger partial charge in [0, 0.05) is 18.2 Å². The van der Waals surface area contributed by atoms with Crippen LogP contribution in [-0.4, -0.2) is 37.6 Å². The van der Waals surface area contributed by atoms with Crippen LogP contribution in [0, 0.1) is 0 Å². The molecule has 0 saturated carbocycles. The SMILES string of the molecule is CN(CC(F)(F)c1ccccc1)C1CCNC1. The van der Waals surface area contributed by atoms with E-state index in [1.165, 1.54) is 12.1 Å². The molecule has 1 saturated heterocycles. The Hall–Kier alpha value is -1.00. The van der Waals surface area contributed by atoms with E-state index in [2.05, 4.69) is 5.32 Å². The van der Waals surface area contributed by atoms with E-state index in [9.17, 15) is 8.78 Å². The molecule has 0 spiro atoms. The molecule has 1 aliphatic rings. The maximum atomic E-state index is 14.0. The van der Waals surface area contributed by atoms with E-state index in [1.807, 2.05) is 0 Å². The fourth-order valence-electron chi connectivity index (χ4n) is 2.23. The molecule has 1 aliphatic heterocycles. The van der Waals surface area contributed by atoms with Crippen molar-refractivity contribution in [3.05, 3.63) is 35.9 Å². The van der Waals surface area contributed by atoms with E-state index >= 15 is 0 Å². The Kier molecular flexibility index (Phi) is 3.74. The second kappa shape index (κ2) is 5.10. The summed E-state index contributed by atoms with van der Waals surface area (Å²) in [6.07, 6.45) is 0.946. The highest BCUT2D eigenvalue weighted by Crippen LogP contribution is 2.29. The summed E-state index contributed by atoms with van der Waals surface area (Å²) in [5, 5.41) is 3.19. The number of rotatable bonds is 4. The van der Waals surface area contributed by atoms with Gasteiger partial charge in [-0.3, -0.25) is 4.90 Å². The van der Waals surface area contributed by atoms with Crippen molar-refractivity contribution >= 4 is 0 Å². The zero-order valence-electron chi connectivity index (χ0n) is 10.00. The van der Waals surface area contributed by atoms with Crippen molar-refractivity contribution in [3.63, 3.8) is 0 Å². The summed E-state index contributed by atoms with van der Waals surface area (Å²) in [6, 6.07) is 8.26. The van der Waals surface area contributed by atoms with Crippen LogP contribution in [-0.2, 0) is 5.92 Å². The largest absolute Gasteiger partial charge is 0.315 e. The second-order valence-corrected chi connectivity index (χ2v) is 4.63. The van der Waals surface area contributed by atoms with E-state index in [4.69, 9.17) is 0 Å². The van der Waals surface area contributed by atoms with E-state index in [-0.39, 0.29) is 18.2 Å². The van der Waals surface area contributed by atoms with Gasteiger partial charge < -0.3 is 5.32 Å². The van der Waals surface area contributed by atoms with Gasteiger partial charge >= 0.3 is 0 Å². The summed E-state index contributed by atoms with van der Waals surface area (Å²) in [4.78, 5) is 1.76. The van der Waals surface area contributed by atoms with Crippen molar-refractivity contribution in [2.45, 2.75) is 18.4 Å². The van der Waals surface area contributed by atoms with Gasteiger partial charge in [0.15, 0.2) is 0 Å². The van der Waals surface area contributed by atoms with E-state index in [0.717, 1.165) is 19.5 Å². The maximum absolute atomic E-state index is 14.0. The van der Waals surface area contributed by atoms with E-state index in [1.54, 1.807) is 30.1 Å². The highest BCUT2D eigenvalue weighted by molar-refractivity contribution is 5.20. The van der Waals surface area contributed by atoms with Crippen LogP contribution in [0.25, 0.3) is 0 Å². The fraction of sp³-hybridized carbons (Fsp3) is 0.538. The Morgan fingerprint density at radius 3 is 2.65 bits per heavy atom. The molecule has 1 aromatic carbocycles. The molecule has 2 nitrogen and oxygen atoms in total. The van der Waals surface area contributed by atoms with Crippen molar-refractivity contribution in [3.8, 4) is 0 Å². The molecule has 1 aromatic rings. The molecule has 1 heterocycles. The minimum absolute atomic E-state index is 0.0952. The number of benzene rings is 1. The number of alkyl halides is 2. The second-order valence-electron chi connectivity index (χ2n) is 4.63. The lowest BCUT2D eigenvalue weighted by atomic mass is 10.1. The minimum atomic E-state index is -2.78. The van der Waals surface area contributed by atoms with Gasteiger partial charge in [-0.1, -0.05) is 30.3 Å². The molecule has 94 valence electrons. The van der Waals surface area contributed by atoms with Crippen LogP contribution in [0.1, 0.15) is 12.0 Å². The van der Waals surface area contributed by atoms with E-state index in [0.29, 0.717) is 0 Å². The fourth-order valence-corrected chi connectivity index (χ4v) is 2.23. The Morgan fingerprint density at radius 1 is 1.35 bits per heavy atom. The number of likely N-dealkylation sites (N-methyl/N-ethyl adjacent to an activating group) is 1. The van der Waals surface area contributed by atoms with Crippen LogP contribution >= 0.6 is 0 Å². The highest BCUT2D eigenvalue weighted by Gasteiger charge is 2.35. The first kappa shape index (κ1) is 12.5. The molecule has 1 unspecified atom stereocenters. The Balaban J connectivity index is 2.01. The van der Waals surface area contributed by atoms with Gasteiger partial charge in [0.05, 0.1) is 6.54 Å². The molecule has 4 heteroatoms. The smallest absolute Gasteiger partial charge is 0.285 e. The van der Waals surface area contributed by atoms with Gasteiger partial charge in [0.1, 0.15) is 0 Å². The Labute approximate surface area is 101 Å². The van der Waals surface area contributed by atoms with Gasteiger partial charge in [-0.15, -0.1) is 0 Å². The van der Waals surface area contributed by atoms with Gasteiger partial charge in [-0.25, -0.2) is 0 Å². The summed E-state index contributed by atoms with van der Waals surface area (Å²) >= 11 is 0. The highest BCUT2D eigenvalue weighted by atomic mass is 19.3. The predicted molar refractivity (Wildman–Crippen MR) is 64.2 cm³/mol. The zero-order valence-corrected chi connectivity index (χ0v) is 10.00. The lowest BCUT2D eigenvalue weighted by molar-refractivity contribution is -0.0394. The normalized spacial score (nSPS) is 21.1. The Bertz CT molecular complexity index is 348. The Morgan fingerprint density at radius 2 is 2.06 bits per heavy atom. The third-order valence-corrected chi connectivity index (χ3v) is 3.30. The van der Waals surface area contributed by atoms with Crippen LogP contribution in [0.4, 0.5) is 8.78 Å². The number of hydrogen-bond donors (Lipinski definition) is 1. The monoisotopic (exact) mass is 240 g/mol. The average molecular weight is 240 g/mol. The molecule has 0 amide bonds. The zero-order chi connectivity index (χ0) is 12.3. The number of hydrogen-bond acceptors (Lipinski definition) is 2. The molecule has 0 aromatic heterocycles. The summed E-state index contributed by atoms with van der Waals surface area (Å²) in [5.41, 5.74) is 0.0952. The summed E-state index contributed by atoms with van der Waals surface area (Å²) in [6.45, 7) is 1.51. The van der Waals surface area contributed by atoms with Crippen molar-refractivity contribution in [2.24, 2.45) is 0 Å². The molecule has 1 fully saturated rings. The molecular weight excluding hydrogens is 222 g/mol. The van der Waals surface area contributed by atoms with Crippen LogP contribution < -0.4 is 5.32 Å². The van der Waals surface area contributed by atoms with Crippen molar-refractivity contribution in [1.82, 2.24) is 10.2 Å². The first-order chi connectivity index (χ1) is 8.09. The van der Waals surface area contributed by atoms with Crippen LogP contribution in [0.5, 0.6) is 0 Å². The number of nitrogens with one attached hydrogen (secondary N) is 1. The quantitative estimate of drug-likeness (QED) is 0.866. The van der Waals surface area contributed by atoms with Gasteiger partial charge in [0.2, 0.25) is 0 Å². The first-order valence-corrected chi connectivity index (χ1v) is 5.94. The van der Waals surface area contributed by atoms with Crippen LogP contribution in [0.3, 0.4) is 0 Å². The molecule has 1 N–H and O–H groups in total. The topological polar surface area (TPSA) is 15.3 Å². The third-order valence-electron chi connectivity index (χ3n) is 3.30. The third kappa shape index (κ3) is 3.01. The molecular formula is C13H18F2N2. The molecule has 17 heavy (non-hydrogen) atoms. The molecule has 0 aliphatic carbocycles. The number of nitrogens with zero attached hydrogens (tertiary/aromatic N) is 1. The van der Waals surface area contributed by atoms with Gasteiger partial charge in [-0.2, -0.15) is 8.78 Å². The molecule has 1 atom stereocenters. The van der Waals surface area contributed by atoms with Crippen molar-refractivity contribution in [1.29, 1.82) is 0 Å². The molecule has 0 radical (unpaired) electrons. The maximum Gasteiger partial charge on any atom is 0.285 e. The van der Waals surface area contributed by atoms with Crippen molar-refractivity contribution < 1.29 is 8.78 Å². The number of halogens is 2. The van der Waals surface area contributed by atoms with Crippen LogP contribution in [0.15, 0.2) is 30.3 Å². The van der Waals surface area contributed by atoms with Gasteiger partial charge in [-0.05, 0) is 20.0 Å². The summed E-state index contributed by atoms with van der Waals surface area (Å²) in [5.74, 6) is -2.78. The first-order valence-electron chi connectivity index (χ1n) is 5.94. The lowest BCUT2D eigenvalue weighted by Gasteiger charge is -2.28. The van der Waals surface area contributed by atoms with Crippen molar-refractivity contribution in [2.75, 3.05) is 26.7 Å². The predicted octanol–water partition coefficient (Wildman–Crippen LogP) is 2.07. The van der Waals surface area contributed by atoms with Gasteiger partial charge in [0.25, 0.3) is 5.92 Å². The lowest BCUT2D eigenvalue weighted by Crippen LogP contribution is -2.40. The molecule has 2 rings (SSSR count). The summed E-state index contributed by atoms with van der Waals surface area (Å²) in [7, 11) is 1.77. The standard InChI is InChI=1S/C13H18F2N2/c1-17(12-7-8-16-9-12)10-13(14,15)11-5-3-2-4-6-11/h2-6,12,16H,7-10H2,1H3. The van der Waals surface area contributed by atoms with Crippen LogP contribution in [0.2, 0.25) is 0 Å². The van der Waals surface area contributed by atoms with E-state index < -0.39 is 5.92 Å². The summed E-state index contributed by atoms with van der Waals surface area (Å²) < 4.78 is 28.0. The molecule has 0 bridgehead atoms.